The first-order valence-corrected chi connectivity index (χ1v) is 5.41. The third kappa shape index (κ3) is 4.30. The predicted octanol–water partition coefficient (Wildman–Crippen LogP) is 1.41. The number of amides is 1. The first-order chi connectivity index (χ1) is 7.79. The second kappa shape index (κ2) is 5.03. The lowest BCUT2D eigenvalue weighted by atomic mass is 10.2. The highest BCUT2D eigenvalue weighted by atomic mass is 16.6. The molecule has 0 bridgehead atoms. The standard InChI is InChI=1S/C12H18N2O3/c1-12(2,3)17-11(16)13-8-9-6-5-7-14(4)10(9)15/h5-7H,8H2,1-4H3,(H,13,16). The van der Waals surface area contributed by atoms with Crippen LogP contribution in [0.15, 0.2) is 23.1 Å². The van der Waals surface area contributed by atoms with Crippen molar-refractivity contribution in [3.05, 3.63) is 34.2 Å². The molecule has 1 aromatic heterocycles. The Bertz CT molecular complexity index is 458. The van der Waals surface area contributed by atoms with E-state index in [0.29, 0.717) is 5.56 Å². The van der Waals surface area contributed by atoms with Crippen LogP contribution in [0.4, 0.5) is 4.79 Å². The fourth-order valence-corrected chi connectivity index (χ4v) is 1.27. The molecule has 0 aliphatic rings. The van der Waals surface area contributed by atoms with Gasteiger partial charge < -0.3 is 14.6 Å². The van der Waals surface area contributed by atoms with Crippen molar-refractivity contribution < 1.29 is 9.53 Å². The largest absolute Gasteiger partial charge is 0.444 e. The van der Waals surface area contributed by atoms with E-state index in [0.717, 1.165) is 0 Å². The summed E-state index contributed by atoms with van der Waals surface area (Å²) in [6.07, 6.45) is 1.14. The molecule has 0 spiro atoms. The summed E-state index contributed by atoms with van der Waals surface area (Å²) in [6, 6.07) is 3.44. The summed E-state index contributed by atoms with van der Waals surface area (Å²) in [7, 11) is 1.67. The van der Waals surface area contributed by atoms with E-state index in [1.54, 1.807) is 46.1 Å². The highest BCUT2D eigenvalue weighted by Gasteiger charge is 2.15. The molecule has 0 unspecified atom stereocenters. The van der Waals surface area contributed by atoms with Gasteiger partial charge in [-0.3, -0.25) is 4.79 Å². The Kier molecular flexibility index (Phi) is 3.93. The Morgan fingerprint density at radius 3 is 2.71 bits per heavy atom. The number of pyridine rings is 1. The number of hydrogen-bond acceptors (Lipinski definition) is 3. The predicted molar refractivity (Wildman–Crippen MR) is 64.8 cm³/mol. The van der Waals surface area contributed by atoms with Crippen molar-refractivity contribution in [2.75, 3.05) is 0 Å². The van der Waals surface area contributed by atoms with Crippen LogP contribution in [0.2, 0.25) is 0 Å². The molecule has 1 heterocycles. The summed E-state index contributed by atoms with van der Waals surface area (Å²) in [5, 5.41) is 2.55. The van der Waals surface area contributed by atoms with Crippen LogP contribution < -0.4 is 10.9 Å². The quantitative estimate of drug-likeness (QED) is 0.847. The molecule has 0 fully saturated rings. The Morgan fingerprint density at radius 2 is 2.12 bits per heavy atom. The minimum atomic E-state index is -0.536. The number of carbonyl (C=O) groups excluding carboxylic acids is 1. The number of hydrogen-bond donors (Lipinski definition) is 1. The van der Waals surface area contributed by atoms with E-state index in [9.17, 15) is 9.59 Å². The molecule has 0 aliphatic heterocycles. The van der Waals surface area contributed by atoms with E-state index < -0.39 is 11.7 Å². The van der Waals surface area contributed by atoms with Crippen LogP contribution in [0.1, 0.15) is 26.3 Å². The molecule has 0 aliphatic carbocycles. The zero-order valence-electron chi connectivity index (χ0n) is 10.6. The lowest BCUT2D eigenvalue weighted by Gasteiger charge is -2.19. The van der Waals surface area contributed by atoms with Crippen molar-refractivity contribution in [3.63, 3.8) is 0 Å². The second-order valence-corrected chi connectivity index (χ2v) is 4.80. The zero-order chi connectivity index (χ0) is 13.1. The average molecular weight is 238 g/mol. The smallest absolute Gasteiger partial charge is 0.407 e. The van der Waals surface area contributed by atoms with Crippen molar-refractivity contribution in [2.45, 2.75) is 32.9 Å². The Hall–Kier alpha value is -1.78. The van der Waals surface area contributed by atoms with Gasteiger partial charge >= 0.3 is 6.09 Å². The molecule has 0 atom stereocenters. The molecular formula is C12H18N2O3. The van der Waals surface area contributed by atoms with Crippen LogP contribution in [0.3, 0.4) is 0 Å². The van der Waals surface area contributed by atoms with E-state index in [4.69, 9.17) is 4.74 Å². The fraction of sp³-hybridized carbons (Fsp3) is 0.500. The van der Waals surface area contributed by atoms with Crippen LogP contribution >= 0.6 is 0 Å². The van der Waals surface area contributed by atoms with Crippen LogP contribution in [-0.2, 0) is 18.3 Å². The van der Waals surface area contributed by atoms with Gasteiger partial charge in [0.1, 0.15) is 5.60 Å². The van der Waals surface area contributed by atoms with Gasteiger partial charge in [-0.1, -0.05) is 6.07 Å². The number of rotatable bonds is 2. The van der Waals surface area contributed by atoms with Gasteiger partial charge in [0.25, 0.3) is 5.56 Å². The van der Waals surface area contributed by atoms with Crippen LogP contribution in [0, 0.1) is 0 Å². The highest BCUT2D eigenvalue weighted by Crippen LogP contribution is 2.06. The molecule has 0 saturated heterocycles. The molecule has 0 radical (unpaired) electrons. The summed E-state index contributed by atoms with van der Waals surface area (Å²) in [4.78, 5) is 23.0. The summed E-state index contributed by atoms with van der Waals surface area (Å²) in [6.45, 7) is 5.53. The molecular weight excluding hydrogens is 220 g/mol. The summed E-state index contributed by atoms with van der Waals surface area (Å²) < 4.78 is 6.54. The molecule has 0 saturated carbocycles. The average Bonchev–Trinajstić information content (AvgIpc) is 2.18. The minimum Gasteiger partial charge on any atom is -0.444 e. The Morgan fingerprint density at radius 1 is 1.47 bits per heavy atom. The third-order valence-corrected chi connectivity index (χ3v) is 2.02. The maximum Gasteiger partial charge on any atom is 0.407 e. The molecule has 0 aromatic carbocycles. The Balaban J connectivity index is 2.60. The zero-order valence-corrected chi connectivity index (χ0v) is 10.6. The van der Waals surface area contributed by atoms with Gasteiger partial charge in [-0.25, -0.2) is 4.79 Å². The number of alkyl carbamates (subject to hydrolysis) is 1. The molecule has 17 heavy (non-hydrogen) atoms. The van der Waals surface area contributed by atoms with E-state index in [2.05, 4.69) is 5.32 Å². The van der Waals surface area contributed by atoms with Crippen molar-refractivity contribution in [1.29, 1.82) is 0 Å². The maximum absolute atomic E-state index is 11.6. The van der Waals surface area contributed by atoms with Gasteiger partial charge in [0.05, 0.1) is 6.54 Å². The first kappa shape index (κ1) is 13.3. The molecule has 5 nitrogen and oxygen atoms in total. The third-order valence-electron chi connectivity index (χ3n) is 2.02. The molecule has 1 rings (SSSR count). The number of nitrogens with one attached hydrogen (secondary N) is 1. The number of nitrogens with zero attached hydrogens (tertiary/aromatic N) is 1. The second-order valence-electron chi connectivity index (χ2n) is 4.80. The van der Waals surface area contributed by atoms with E-state index in [1.165, 1.54) is 4.57 Å². The SMILES string of the molecule is Cn1cccc(CNC(=O)OC(C)(C)C)c1=O. The van der Waals surface area contributed by atoms with Crippen molar-refractivity contribution in [1.82, 2.24) is 9.88 Å². The first-order valence-electron chi connectivity index (χ1n) is 5.41. The molecule has 94 valence electrons. The van der Waals surface area contributed by atoms with Gasteiger partial charge in [-0.05, 0) is 26.8 Å². The molecule has 1 aromatic rings. The molecule has 1 N–H and O–H groups in total. The van der Waals surface area contributed by atoms with Crippen molar-refractivity contribution in [3.8, 4) is 0 Å². The number of carbonyl (C=O) groups is 1. The van der Waals surface area contributed by atoms with Crippen LogP contribution in [0.25, 0.3) is 0 Å². The van der Waals surface area contributed by atoms with E-state index >= 15 is 0 Å². The Labute approximate surface area is 100 Å². The summed E-state index contributed by atoms with van der Waals surface area (Å²) >= 11 is 0. The van der Waals surface area contributed by atoms with Gasteiger partial charge in [-0.15, -0.1) is 0 Å². The molecule has 5 heteroatoms. The number of ether oxygens (including phenoxy) is 1. The maximum atomic E-state index is 11.6. The lowest BCUT2D eigenvalue weighted by Crippen LogP contribution is -2.34. The topological polar surface area (TPSA) is 60.3 Å². The van der Waals surface area contributed by atoms with Gasteiger partial charge in [0, 0.05) is 18.8 Å². The highest BCUT2D eigenvalue weighted by molar-refractivity contribution is 5.67. The minimum absolute atomic E-state index is 0.122. The van der Waals surface area contributed by atoms with Crippen molar-refractivity contribution in [2.24, 2.45) is 7.05 Å². The van der Waals surface area contributed by atoms with Gasteiger partial charge in [-0.2, -0.15) is 0 Å². The lowest BCUT2D eigenvalue weighted by molar-refractivity contribution is 0.0523. The van der Waals surface area contributed by atoms with Crippen molar-refractivity contribution >= 4 is 6.09 Å². The van der Waals surface area contributed by atoms with Crippen LogP contribution in [0.5, 0.6) is 0 Å². The monoisotopic (exact) mass is 238 g/mol. The molecule has 1 amide bonds. The fourth-order valence-electron chi connectivity index (χ4n) is 1.27. The summed E-state index contributed by atoms with van der Waals surface area (Å²) in [5.41, 5.74) is -0.129. The van der Waals surface area contributed by atoms with Gasteiger partial charge in [0.2, 0.25) is 0 Å². The normalized spacial score (nSPS) is 11.1. The number of aryl methyl sites for hydroxylation is 1. The summed E-state index contributed by atoms with van der Waals surface area (Å²) in [5.74, 6) is 0. The van der Waals surface area contributed by atoms with E-state index in [1.807, 2.05) is 0 Å². The van der Waals surface area contributed by atoms with Crippen LogP contribution in [-0.4, -0.2) is 16.3 Å². The van der Waals surface area contributed by atoms with E-state index in [-0.39, 0.29) is 12.1 Å². The van der Waals surface area contributed by atoms with Gasteiger partial charge in [0.15, 0.2) is 0 Å². The number of aromatic nitrogens is 1.